The first kappa shape index (κ1) is 17.6. The lowest BCUT2D eigenvalue weighted by atomic mass is 10.3. The lowest BCUT2D eigenvalue weighted by Crippen LogP contribution is -2.35. The van der Waals surface area contributed by atoms with Crippen molar-refractivity contribution in [2.75, 3.05) is 27.2 Å². The fraction of sp³-hybridized carbons (Fsp3) is 0.500. The van der Waals surface area contributed by atoms with E-state index in [-0.39, 0.29) is 17.2 Å². The molecule has 118 valence electrons. The Balaban J connectivity index is 2.75. The maximum absolute atomic E-state index is 12.8. The molecule has 0 radical (unpaired) electrons. The van der Waals surface area contributed by atoms with Gasteiger partial charge in [-0.3, -0.25) is 4.79 Å². The second-order valence-corrected chi connectivity index (χ2v) is 7.30. The molecular formula is C14H21FN2O3S. The first-order chi connectivity index (χ1) is 9.78. The molecule has 5 nitrogen and oxygen atoms in total. The Kier molecular flexibility index (Phi) is 6.29. The monoisotopic (exact) mass is 316 g/mol. The number of hydrogen-bond donors (Lipinski definition) is 1. The van der Waals surface area contributed by atoms with E-state index in [1.807, 2.05) is 0 Å². The molecule has 0 bridgehead atoms. The number of nitrogens with one attached hydrogen (secondary N) is 1. The van der Waals surface area contributed by atoms with Crippen LogP contribution < -0.4 is 5.32 Å². The fourth-order valence-corrected chi connectivity index (χ4v) is 3.11. The van der Waals surface area contributed by atoms with Crippen molar-refractivity contribution in [3.8, 4) is 0 Å². The van der Waals surface area contributed by atoms with Crippen LogP contribution in [0, 0.1) is 5.82 Å². The average molecular weight is 316 g/mol. The van der Waals surface area contributed by atoms with Crippen LogP contribution in [0.15, 0.2) is 29.2 Å². The molecule has 1 atom stereocenters. The van der Waals surface area contributed by atoms with Gasteiger partial charge in [0.25, 0.3) is 0 Å². The first-order valence-electron chi connectivity index (χ1n) is 6.67. The summed E-state index contributed by atoms with van der Waals surface area (Å²) < 4.78 is 37.5. The zero-order valence-electron chi connectivity index (χ0n) is 12.5. The lowest BCUT2D eigenvalue weighted by Gasteiger charge is -2.19. The Labute approximate surface area is 125 Å². The van der Waals surface area contributed by atoms with E-state index in [0.717, 1.165) is 12.1 Å². The molecule has 0 saturated carbocycles. The van der Waals surface area contributed by atoms with Gasteiger partial charge in [0.2, 0.25) is 5.91 Å². The zero-order valence-corrected chi connectivity index (χ0v) is 13.3. The highest BCUT2D eigenvalue weighted by atomic mass is 32.2. The van der Waals surface area contributed by atoms with E-state index in [0.29, 0.717) is 13.1 Å². The molecule has 0 aromatic heterocycles. The Morgan fingerprint density at radius 1 is 1.33 bits per heavy atom. The molecule has 1 amide bonds. The maximum atomic E-state index is 12.8. The van der Waals surface area contributed by atoms with Crippen molar-refractivity contribution in [3.05, 3.63) is 30.1 Å². The average Bonchev–Trinajstić information content (AvgIpc) is 2.44. The number of hydrogen-bond acceptors (Lipinski definition) is 4. The van der Waals surface area contributed by atoms with Gasteiger partial charge in [0.05, 0.1) is 10.1 Å². The molecule has 0 aliphatic carbocycles. The number of benzene rings is 1. The summed E-state index contributed by atoms with van der Waals surface area (Å²) in [6.45, 7) is 2.64. The minimum absolute atomic E-state index is 0.0297. The number of carbonyl (C=O) groups is 1. The van der Waals surface area contributed by atoms with Crippen molar-refractivity contribution in [1.82, 2.24) is 10.2 Å². The third kappa shape index (κ3) is 4.78. The van der Waals surface area contributed by atoms with Gasteiger partial charge in [0, 0.05) is 26.6 Å². The van der Waals surface area contributed by atoms with Crippen LogP contribution in [-0.2, 0) is 14.6 Å². The molecular weight excluding hydrogens is 295 g/mol. The molecule has 0 fully saturated rings. The van der Waals surface area contributed by atoms with E-state index in [1.165, 1.54) is 24.0 Å². The van der Waals surface area contributed by atoms with Crippen LogP contribution in [0.3, 0.4) is 0 Å². The largest absolute Gasteiger partial charge is 0.344 e. The minimum atomic E-state index is -3.63. The summed E-state index contributed by atoms with van der Waals surface area (Å²) in [5.41, 5.74) is 0. The summed E-state index contributed by atoms with van der Waals surface area (Å²) in [4.78, 5) is 13.5. The van der Waals surface area contributed by atoms with Gasteiger partial charge in [-0.15, -0.1) is 0 Å². The predicted molar refractivity (Wildman–Crippen MR) is 79.2 cm³/mol. The minimum Gasteiger partial charge on any atom is -0.344 e. The zero-order chi connectivity index (χ0) is 16.0. The highest BCUT2D eigenvalue weighted by molar-refractivity contribution is 7.92. The van der Waals surface area contributed by atoms with Gasteiger partial charge in [-0.25, -0.2) is 12.8 Å². The Bertz CT molecular complexity index is 572. The highest BCUT2D eigenvalue weighted by Crippen LogP contribution is 2.19. The number of halogens is 1. The van der Waals surface area contributed by atoms with Crippen LogP contribution in [0.25, 0.3) is 0 Å². The van der Waals surface area contributed by atoms with Crippen molar-refractivity contribution in [2.45, 2.75) is 23.5 Å². The summed E-state index contributed by atoms with van der Waals surface area (Å²) in [5, 5.41) is 2.07. The standard InChI is InChI=1S/C14H21FN2O3S/c1-11(10-14(18)17(3)9-8-16-2)21(19,20)13-6-4-12(15)5-7-13/h4-7,11,16H,8-10H2,1-3H3. The van der Waals surface area contributed by atoms with Gasteiger partial charge in [-0.2, -0.15) is 0 Å². The number of nitrogens with zero attached hydrogens (tertiary/aromatic N) is 1. The van der Waals surface area contributed by atoms with Gasteiger partial charge < -0.3 is 10.2 Å². The van der Waals surface area contributed by atoms with Crippen LogP contribution in [0.2, 0.25) is 0 Å². The van der Waals surface area contributed by atoms with E-state index >= 15 is 0 Å². The SMILES string of the molecule is CNCCN(C)C(=O)CC(C)S(=O)(=O)c1ccc(F)cc1. The first-order valence-corrected chi connectivity index (χ1v) is 8.21. The van der Waals surface area contributed by atoms with Crippen molar-refractivity contribution in [1.29, 1.82) is 0 Å². The number of amides is 1. The third-order valence-electron chi connectivity index (χ3n) is 3.26. The Hall–Kier alpha value is -1.47. The number of sulfone groups is 1. The highest BCUT2D eigenvalue weighted by Gasteiger charge is 2.26. The van der Waals surface area contributed by atoms with Gasteiger partial charge in [0.1, 0.15) is 5.82 Å². The van der Waals surface area contributed by atoms with Gasteiger partial charge in [-0.05, 0) is 38.2 Å². The summed E-state index contributed by atoms with van der Waals surface area (Å²) in [5.74, 6) is -0.729. The topological polar surface area (TPSA) is 66.5 Å². The van der Waals surface area contributed by atoms with E-state index in [2.05, 4.69) is 5.32 Å². The molecule has 1 aromatic carbocycles. The third-order valence-corrected chi connectivity index (χ3v) is 5.41. The van der Waals surface area contributed by atoms with E-state index < -0.39 is 20.9 Å². The van der Waals surface area contributed by atoms with Crippen molar-refractivity contribution >= 4 is 15.7 Å². The number of likely N-dealkylation sites (N-methyl/N-ethyl adjacent to an activating group) is 2. The van der Waals surface area contributed by atoms with Gasteiger partial charge >= 0.3 is 0 Å². The smallest absolute Gasteiger partial charge is 0.223 e. The van der Waals surface area contributed by atoms with Crippen LogP contribution in [0.4, 0.5) is 4.39 Å². The quantitative estimate of drug-likeness (QED) is 0.764. The second-order valence-electron chi connectivity index (χ2n) is 4.93. The van der Waals surface area contributed by atoms with E-state index in [4.69, 9.17) is 0 Å². The van der Waals surface area contributed by atoms with Crippen LogP contribution in [0.5, 0.6) is 0 Å². The van der Waals surface area contributed by atoms with Gasteiger partial charge in [0.15, 0.2) is 9.84 Å². The van der Waals surface area contributed by atoms with Crippen LogP contribution >= 0.6 is 0 Å². The number of carbonyl (C=O) groups excluding carboxylic acids is 1. The molecule has 1 N–H and O–H groups in total. The maximum Gasteiger partial charge on any atom is 0.223 e. The molecule has 0 aliphatic heterocycles. The molecule has 0 spiro atoms. The van der Waals surface area contributed by atoms with E-state index in [1.54, 1.807) is 14.1 Å². The second kappa shape index (κ2) is 7.51. The van der Waals surface area contributed by atoms with Crippen LogP contribution in [0.1, 0.15) is 13.3 Å². The molecule has 0 saturated heterocycles. The van der Waals surface area contributed by atoms with Crippen molar-refractivity contribution in [3.63, 3.8) is 0 Å². The van der Waals surface area contributed by atoms with Crippen molar-refractivity contribution in [2.24, 2.45) is 0 Å². The van der Waals surface area contributed by atoms with Gasteiger partial charge in [-0.1, -0.05) is 0 Å². The predicted octanol–water partition coefficient (Wildman–Crippen LogP) is 1.06. The Morgan fingerprint density at radius 2 is 1.90 bits per heavy atom. The molecule has 0 heterocycles. The molecule has 1 aromatic rings. The van der Waals surface area contributed by atoms with E-state index in [9.17, 15) is 17.6 Å². The fourth-order valence-electron chi connectivity index (χ4n) is 1.77. The molecule has 1 unspecified atom stereocenters. The van der Waals surface area contributed by atoms with Crippen molar-refractivity contribution < 1.29 is 17.6 Å². The van der Waals surface area contributed by atoms with Crippen LogP contribution in [-0.4, -0.2) is 51.7 Å². The Morgan fingerprint density at radius 3 is 2.43 bits per heavy atom. The molecule has 1 rings (SSSR count). The molecule has 21 heavy (non-hydrogen) atoms. The summed E-state index contributed by atoms with van der Waals surface area (Å²) in [6, 6.07) is 4.63. The summed E-state index contributed by atoms with van der Waals surface area (Å²) in [7, 11) is -0.221. The number of rotatable bonds is 7. The summed E-state index contributed by atoms with van der Waals surface area (Å²) >= 11 is 0. The molecule has 7 heteroatoms. The summed E-state index contributed by atoms with van der Waals surface area (Å²) in [6.07, 6.45) is -0.0973. The normalized spacial score (nSPS) is 13.0. The lowest BCUT2D eigenvalue weighted by molar-refractivity contribution is -0.129. The molecule has 0 aliphatic rings.